The van der Waals surface area contributed by atoms with Crippen LogP contribution >= 0.6 is 0 Å². The largest absolute Gasteiger partial charge is 0.385 e. The van der Waals surface area contributed by atoms with Crippen LogP contribution in [0.5, 0.6) is 0 Å². The molecule has 2 atom stereocenters. The summed E-state index contributed by atoms with van der Waals surface area (Å²) in [5, 5.41) is 7.82. The highest BCUT2D eigenvalue weighted by Crippen LogP contribution is 2.21. The zero-order valence-corrected chi connectivity index (χ0v) is 12.5. The normalized spacial score (nSPS) is 22.1. The fourth-order valence-corrected chi connectivity index (χ4v) is 2.90. The van der Waals surface area contributed by atoms with E-state index in [0.717, 1.165) is 32.5 Å². The fraction of sp³-hybridized carbons (Fsp3) is 0.471. The summed E-state index contributed by atoms with van der Waals surface area (Å²) < 4.78 is 7.54. The van der Waals surface area contributed by atoms with Gasteiger partial charge in [-0.1, -0.05) is 12.1 Å². The molecule has 1 aliphatic rings. The maximum absolute atomic E-state index is 5.60. The Hall–Kier alpha value is -1.81. The molecule has 1 aromatic carbocycles. The van der Waals surface area contributed by atoms with E-state index in [1.54, 1.807) is 0 Å². The average Bonchev–Trinajstić information content (AvgIpc) is 2.99. The van der Waals surface area contributed by atoms with Crippen LogP contribution in [0.2, 0.25) is 0 Å². The van der Waals surface area contributed by atoms with E-state index in [-0.39, 0.29) is 0 Å². The lowest BCUT2D eigenvalue weighted by molar-refractivity contribution is 0.00558. The molecule has 0 amide bonds. The molecule has 0 unspecified atom stereocenters. The van der Waals surface area contributed by atoms with Gasteiger partial charge in [-0.25, -0.2) is 0 Å². The van der Waals surface area contributed by atoms with Crippen molar-refractivity contribution in [3.63, 3.8) is 0 Å². The summed E-state index contributed by atoms with van der Waals surface area (Å²) in [7, 11) is 0. The van der Waals surface area contributed by atoms with Gasteiger partial charge in [0.15, 0.2) is 0 Å². The first-order valence-corrected chi connectivity index (χ1v) is 7.71. The lowest BCUT2D eigenvalue weighted by Crippen LogP contribution is -2.27. The van der Waals surface area contributed by atoms with Crippen molar-refractivity contribution < 1.29 is 4.74 Å². The van der Waals surface area contributed by atoms with Gasteiger partial charge in [0, 0.05) is 31.2 Å². The third-order valence-corrected chi connectivity index (χ3v) is 4.02. The monoisotopic (exact) mass is 285 g/mol. The lowest BCUT2D eigenvalue weighted by Gasteiger charge is -2.27. The lowest BCUT2D eigenvalue weighted by atomic mass is 9.96. The van der Waals surface area contributed by atoms with Crippen molar-refractivity contribution in [2.45, 2.75) is 32.4 Å². The van der Waals surface area contributed by atoms with Gasteiger partial charge < -0.3 is 10.1 Å². The predicted octanol–water partition coefficient (Wildman–Crippen LogP) is 3.16. The van der Waals surface area contributed by atoms with E-state index in [4.69, 9.17) is 4.74 Å². The predicted molar refractivity (Wildman–Crippen MR) is 84.4 cm³/mol. The van der Waals surface area contributed by atoms with Crippen molar-refractivity contribution in [1.29, 1.82) is 0 Å². The molecule has 1 aliphatic heterocycles. The molecule has 1 aromatic heterocycles. The second-order valence-corrected chi connectivity index (χ2v) is 5.86. The van der Waals surface area contributed by atoms with Gasteiger partial charge in [0.1, 0.15) is 0 Å². The van der Waals surface area contributed by atoms with Crippen LogP contribution in [-0.2, 0) is 11.3 Å². The van der Waals surface area contributed by atoms with Gasteiger partial charge in [-0.05, 0) is 49.4 Å². The molecular formula is C17H23N3O. The summed E-state index contributed by atoms with van der Waals surface area (Å²) in [5.41, 5.74) is 2.46. The molecule has 1 saturated heterocycles. The number of hydrogen-bond donors (Lipinski definition) is 1. The average molecular weight is 285 g/mol. The number of benzene rings is 1. The molecule has 2 heterocycles. The SMILES string of the molecule is C[C@H]1C[C@@H](CNc2cccc(Cn3cccn3)c2)CCO1. The smallest absolute Gasteiger partial charge is 0.0660 e. The zero-order chi connectivity index (χ0) is 14.5. The van der Waals surface area contributed by atoms with E-state index in [1.165, 1.54) is 11.3 Å². The first-order valence-electron chi connectivity index (χ1n) is 7.71. The van der Waals surface area contributed by atoms with Crippen molar-refractivity contribution in [3.8, 4) is 0 Å². The van der Waals surface area contributed by atoms with Crippen LogP contribution < -0.4 is 5.32 Å². The summed E-state index contributed by atoms with van der Waals surface area (Å²) in [4.78, 5) is 0. The highest BCUT2D eigenvalue weighted by Gasteiger charge is 2.18. The highest BCUT2D eigenvalue weighted by molar-refractivity contribution is 5.45. The van der Waals surface area contributed by atoms with Crippen LogP contribution in [0, 0.1) is 5.92 Å². The number of nitrogens with zero attached hydrogens (tertiary/aromatic N) is 2. The van der Waals surface area contributed by atoms with Crippen LogP contribution in [-0.4, -0.2) is 29.0 Å². The van der Waals surface area contributed by atoms with Crippen molar-refractivity contribution >= 4 is 5.69 Å². The van der Waals surface area contributed by atoms with Crippen LogP contribution in [0.1, 0.15) is 25.3 Å². The molecule has 0 spiro atoms. The van der Waals surface area contributed by atoms with Crippen LogP contribution in [0.15, 0.2) is 42.7 Å². The minimum atomic E-state index is 0.400. The number of rotatable bonds is 5. The molecule has 1 N–H and O–H groups in total. The van der Waals surface area contributed by atoms with E-state index >= 15 is 0 Å². The maximum Gasteiger partial charge on any atom is 0.0660 e. The van der Waals surface area contributed by atoms with E-state index in [2.05, 4.69) is 41.6 Å². The Morgan fingerprint density at radius 2 is 2.33 bits per heavy atom. The standard InChI is InChI=1S/C17H23N3O/c1-14-10-15(6-9-21-14)12-18-17-5-2-4-16(11-17)13-20-8-3-7-19-20/h2-5,7-8,11,14-15,18H,6,9-10,12-13H2,1H3/t14-,15-/m0/s1. The summed E-state index contributed by atoms with van der Waals surface area (Å²) >= 11 is 0. The quantitative estimate of drug-likeness (QED) is 0.917. The number of nitrogens with one attached hydrogen (secondary N) is 1. The Morgan fingerprint density at radius 1 is 1.38 bits per heavy atom. The number of ether oxygens (including phenoxy) is 1. The van der Waals surface area contributed by atoms with Gasteiger partial charge in [0.2, 0.25) is 0 Å². The summed E-state index contributed by atoms with van der Waals surface area (Å²) in [5.74, 6) is 0.712. The number of hydrogen-bond acceptors (Lipinski definition) is 3. The minimum Gasteiger partial charge on any atom is -0.385 e. The third kappa shape index (κ3) is 4.08. The molecule has 4 nitrogen and oxygen atoms in total. The number of aromatic nitrogens is 2. The first-order chi connectivity index (χ1) is 10.3. The van der Waals surface area contributed by atoms with Crippen molar-refractivity contribution in [2.75, 3.05) is 18.5 Å². The van der Waals surface area contributed by atoms with E-state index in [0.29, 0.717) is 12.0 Å². The van der Waals surface area contributed by atoms with Crippen molar-refractivity contribution in [2.24, 2.45) is 5.92 Å². The Balaban J connectivity index is 1.55. The molecule has 4 heteroatoms. The molecule has 2 aromatic rings. The van der Waals surface area contributed by atoms with Crippen molar-refractivity contribution in [1.82, 2.24) is 9.78 Å². The van der Waals surface area contributed by atoms with E-state index in [9.17, 15) is 0 Å². The van der Waals surface area contributed by atoms with E-state index < -0.39 is 0 Å². The maximum atomic E-state index is 5.60. The molecule has 0 saturated carbocycles. The highest BCUT2D eigenvalue weighted by atomic mass is 16.5. The summed E-state index contributed by atoms with van der Waals surface area (Å²) in [6, 6.07) is 10.5. The Labute approximate surface area is 126 Å². The van der Waals surface area contributed by atoms with Gasteiger partial charge in [-0.3, -0.25) is 4.68 Å². The molecule has 0 radical (unpaired) electrons. The molecule has 1 fully saturated rings. The molecular weight excluding hydrogens is 262 g/mol. The van der Waals surface area contributed by atoms with Gasteiger partial charge in [0.05, 0.1) is 12.6 Å². The van der Waals surface area contributed by atoms with Gasteiger partial charge in [-0.2, -0.15) is 5.10 Å². The molecule has 0 aliphatic carbocycles. The molecule has 0 bridgehead atoms. The second-order valence-electron chi connectivity index (χ2n) is 5.86. The molecule has 3 rings (SSSR count). The van der Waals surface area contributed by atoms with Gasteiger partial charge in [0.25, 0.3) is 0 Å². The molecule has 21 heavy (non-hydrogen) atoms. The fourth-order valence-electron chi connectivity index (χ4n) is 2.90. The van der Waals surface area contributed by atoms with Gasteiger partial charge >= 0.3 is 0 Å². The number of anilines is 1. The first kappa shape index (κ1) is 14.1. The zero-order valence-electron chi connectivity index (χ0n) is 12.5. The van der Waals surface area contributed by atoms with E-state index in [1.807, 2.05) is 23.1 Å². The van der Waals surface area contributed by atoms with Crippen LogP contribution in [0.25, 0.3) is 0 Å². The van der Waals surface area contributed by atoms with Gasteiger partial charge in [-0.15, -0.1) is 0 Å². The Morgan fingerprint density at radius 3 is 3.14 bits per heavy atom. The Kier molecular flexibility index (Phi) is 4.55. The minimum absolute atomic E-state index is 0.400. The summed E-state index contributed by atoms with van der Waals surface area (Å²) in [6.45, 7) is 4.90. The summed E-state index contributed by atoms with van der Waals surface area (Å²) in [6.07, 6.45) is 6.51. The third-order valence-electron chi connectivity index (χ3n) is 4.02. The van der Waals surface area contributed by atoms with Crippen molar-refractivity contribution in [3.05, 3.63) is 48.3 Å². The van der Waals surface area contributed by atoms with Crippen LogP contribution in [0.4, 0.5) is 5.69 Å². The molecule has 112 valence electrons. The second kappa shape index (κ2) is 6.76. The topological polar surface area (TPSA) is 39.1 Å². The Bertz CT molecular complexity index is 553. The van der Waals surface area contributed by atoms with Crippen LogP contribution in [0.3, 0.4) is 0 Å².